The maximum absolute atomic E-state index is 2.31. The first-order valence-electron chi connectivity index (χ1n) is 14.3. The van der Waals surface area contributed by atoms with E-state index in [0.29, 0.717) is 0 Å². The molecule has 30 heavy (non-hydrogen) atoms. The molecule has 0 aromatic heterocycles. The summed E-state index contributed by atoms with van der Waals surface area (Å²) in [6, 6.07) is 6.09. The van der Waals surface area contributed by atoms with Gasteiger partial charge < -0.3 is 0 Å². The molecular formula is C28H58Si2. The molecule has 0 aliphatic heterocycles. The van der Waals surface area contributed by atoms with E-state index in [4.69, 9.17) is 0 Å². The van der Waals surface area contributed by atoms with E-state index >= 15 is 0 Å². The summed E-state index contributed by atoms with van der Waals surface area (Å²) in [5.74, 6) is 0. The normalized spacial score (nSPS) is 11.4. The second-order valence-corrected chi connectivity index (χ2v) is 12.6. The van der Waals surface area contributed by atoms with E-state index in [1.165, 1.54) is 184 Å². The lowest BCUT2D eigenvalue weighted by molar-refractivity contribution is 0.584. The van der Waals surface area contributed by atoms with Crippen LogP contribution in [0.25, 0.3) is 0 Å². The molecular weight excluding hydrogens is 392 g/mol. The van der Waals surface area contributed by atoms with E-state index in [9.17, 15) is 0 Å². The minimum atomic E-state index is 1.26. The van der Waals surface area contributed by atoms with Gasteiger partial charge in [0.05, 0.1) is 0 Å². The van der Waals surface area contributed by atoms with Crippen molar-refractivity contribution in [2.75, 3.05) is 0 Å². The Hall–Kier alpha value is 0.434. The highest BCUT2D eigenvalue weighted by molar-refractivity contribution is 6.35. The molecule has 0 nitrogen and oxygen atoms in total. The van der Waals surface area contributed by atoms with Crippen LogP contribution in [0.3, 0.4) is 0 Å². The number of hydrogen-bond donors (Lipinski definition) is 0. The smallest absolute Gasteiger partial charge is 0.0378 e. The SMILES string of the molecule is CCCCCCCCCC[Si]CCCCCCCC[Si]CCCCCCCCCC. The Bertz CT molecular complexity index is 252. The maximum atomic E-state index is 2.31. The molecule has 0 aromatic carbocycles. The molecule has 178 valence electrons. The highest BCUT2D eigenvalue weighted by Crippen LogP contribution is 2.13. The van der Waals surface area contributed by atoms with E-state index in [-0.39, 0.29) is 0 Å². The van der Waals surface area contributed by atoms with Crippen molar-refractivity contribution < 1.29 is 0 Å². The predicted molar refractivity (Wildman–Crippen MR) is 144 cm³/mol. The van der Waals surface area contributed by atoms with Crippen molar-refractivity contribution in [3.05, 3.63) is 0 Å². The summed E-state index contributed by atoms with van der Waals surface area (Å²) in [6.45, 7) is 4.61. The van der Waals surface area contributed by atoms with Gasteiger partial charge in [-0.25, -0.2) is 0 Å². The van der Waals surface area contributed by atoms with Crippen molar-refractivity contribution >= 4 is 19.0 Å². The molecule has 2 heteroatoms. The van der Waals surface area contributed by atoms with Crippen LogP contribution in [0, 0.1) is 0 Å². The Balaban J connectivity index is 2.97. The van der Waals surface area contributed by atoms with Gasteiger partial charge in [-0.2, -0.15) is 0 Å². The lowest BCUT2D eigenvalue weighted by Crippen LogP contribution is -1.91. The summed E-state index contributed by atoms with van der Waals surface area (Å²) < 4.78 is 0. The van der Waals surface area contributed by atoms with Crippen LogP contribution in [0.4, 0.5) is 0 Å². The topological polar surface area (TPSA) is 0 Å². The van der Waals surface area contributed by atoms with Gasteiger partial charge in [0.1, 0.15) is 0 Å². The average molecular weight is 451 g/mol. The first kappa shape index (κ1) is 30.4. The second-order valence-electron chi connectivity index (χ2n) is 9.57. The van der Waals surface area contributed by atoms with Crippen molar-refractivity contribution in [3.63, 3.8) is 0 Å². The third-order valence-corrected chi connectivity index (χ3v) is 9.20. The summed E-state index contributed by atoms with van der Waals surface area (Å²) in [5.41, 5.74) is 0. The van der Waals surface area contributed by atoms with Gasteiger partial charge in [0.25, 0.3) is 0 Å². The molecule has 0 saturated heterocycles. The lowest BCUT2D eigenvalue weighted by atomic mass is 10.1. The van der Waals surface area contributed by atoms with Gasteiger partial charge in [0, 0.05) is 19.0 Å². The Kier molecular flexibility index (Phi) is 29.9. The predicted octanol–water partition coefficient (Wildman–Crippen LogP) is 10.7. The van der Waals surface area contributed by atoms with Crippen molar-refractivity contribution in [3.8, 4) is 0 Å². The lowest BCUT2D eigenvalue weighted by Gasteiger charge is -2.04. The van der Waals surface area contributed by atoms with Crippen LogP contribution in [0.1, 0.15) is 155 Å². The number of rotatable bonds is 27. The number of unbranched alkanes of at least 4 members (excludes halogenated alkanes) is 19. The Morgan fingerprint density at radius 2 is 0.467 bits per heavy atom. The average Bonchev–Trinajstić information content (AvgIpc) is 2.76. The van der Waals surface area contributed by atoms with Gasteiger partial charge >= 0.3 is 0 Å². The van der Waals surface area contributed by atoms with Gasteiger partial charge in [-0.15, -0.1) is 0 Å². The monoisotopic (exact) mass is 450 g/mol. The first-order valence-corrected chi connectivity index (χ1v) is 17.2. The Morgan fingerprint density at radius 1 is 0.267 bits per heavy atom. The first-order chi connectivity index (χ1) is 14.9. The fraction of sp³-hybridized carbons (Fsp3) is 1.00. The quantitative estimate of drug-likeness (QED) is 0.0861. The van der Waals surface area contributed by atoms with Crippen molar-refractivity contribution in [1.29, 1.82) is 0 Å². The van der Waals surface area contributed by atoms with Gasteiger partial charge in [-0.1, -0.05) is 179 Å². The molecule has 0 unspecified atom stereocenters. The molecule has 0 aliphatic rings. The molecule has 0 rings (SSSR count). The zero-order chi connectivity index (χ0) is 21.8. The van der Waals surface area contributed by atoms with Crippen LogP contribution in [-0.4, -0.2) is 19.0 Å². The van der Waals surface area contributed by atoms with Crippen molar-refractivity contribution in [1.82, 2.24) is 0 Å². The highest BCUT2D eigenvalue weighted by Gasteiger charge is 1.97. The molecule has 4 radical (unpaired) electrons. The largest absolute Gasteiger partial charge is 0.0654 e. The van der Waals surface area contributed by atoms with Gasteiger partial charge in [0.15, 0.2) is 0 Å². The summed E-state index contributed by atoms with van der Waals surface area (Å²) in [5, 5.41) is 0. The third-order valence-electron chi connectivity index (χ3n) is 6.37. The minimum absolute atomic E-state index is 1.26. The molecule has 0 fully saturated rings. The summed E-state index contributed by atoms with van der Waals surface area (Å²) in [6.07, 6.45) is 32.6. The van der Waals surface area contributed by atoms with Crippen LogP contribution in [0.5, 0.6) is 0 Å². The summed E-state index contributed by atoms with van der Waals surface area (Å²) in [4.78, 5) is 0. The molecule has 0 amide bonds. The fourth-order valence-electron chi connectivity index (χ4n) is 4.22. The summed E-state index contributed by atoms with van der Waals surface area (Å²) in [7, 11) is 2.51. The molecule has 0 aromatic rings. The van der Waals surface area contributed by atoms with Gasteiger partial charge in [-0.05, 0) is 0 Å². The highest BCUT2D eigenvalue weighted by atomic mass is 28.2. The molecule has 0 spiro atoms. The van der Waals surface area contributed by atoms with E-state index in [1.54, 1.807) is 0 Å². The standard InChI is InChI=1S/C28H58Si2/c1-3-5-7-9-11-13-17-21-25-29-27-23-19-15-16-20-24-28-30-26-22-18-14-12-10-8-6-4-2/h3-28H2,1-2H3. The van der Waals surface area contributed by atoms with Crippen LogP contribution >= 0.6 is 0 Å². The van der Waals surface area contributed by atoms with E-state index in [1.807, 2.05) is 0 Å². The van der Waals surface area contributed by atoms with E-state index < -0.39 is 0 Å². The van der Waals surface area contributed by atoms with E-state index in [2.05, 4.69) is 13.8 Å². The van der Waals surface area contributed by atoms with Crippen LogP contribution in [0.15, 0.2) is 0 Å². The zero-order valence-corrected chi connectivity index (χ0v) is 23.4. The molecule has 0 heterocycles. The van der Waals surface area contributed by atoms with Crippen molar-refractivity contribution in [2.45, 2.75) is 179 Å². The Labute approximate surface area is 198 Å². The second kappa shape index (κ2) is 29.4. The van der Waals surface area contributed by atoms with Crippen LogP contribution < -0.4 is 0 Å². The zero-order valence-electron chi connectivity index (χ0n) is 21.4. The van der Waals surface area contributed by atoms with Crippen LogP contribution in [0.2, 0.25) is 24.2 Å². The van der Waals surface area contributed by atoms with E-state index in [0.717, 1.165) is 0 Å². The molecule has 0 atom stereocenters. The Morgan fingerprint density at radius 3 is 0.700 bits per heavy atom. The third kappa shape index (κ3) is 28.4. The molecule has 0 aliphatic carbocycles. The fourth-order valence-corrected chi connectivity index (χ4v) is 6.72. The van der Waals surface area contributed by atoms with Gasteiger partial charge in [0.2, 0.25) is 0 Å². The molecule has 0 saturated carbocycles. The van der Waals surface area contributed by atoms with Crippen LogP contribution in [-0.2, 0) is 0 Å². The minimum Gasteiger partial charge on any atom is -0.0654 e. The molecule has 0 bridgehead atoms. The number of hydrogen-bond acceptors (Lipinski definition) is 0. The molecule has 0 N–H and O–H groups in total. The van der Waals surface area contributed by atoms with Gasteiger partial charge in [-0.3, -0.25) is 0 Å². The van der Waals surface area contributed by atoms with Crippen molar-refractivity contribution in [2.24, 2.45) is 0 Å². The summed E-state index contributed by atoms with van der Waals surface area (Å²) >= 11 is 0. The maximum Gasteiger partial charge on any atom is 0.0378 e.